The van der Waals surface area contributed by atoms with E-state index in [0.29, 0.717) is 34.4 Å². The number of hydrogen-bond acceptors (Lipinski definition) is 6. The molecule has 1 aromatic heterocycles. The molecule has 6 nitrogen and oxygen atoms in total. The zero-order valence-electron chi connectivity index (χ0n) is 15.4. The van der Waals surface area contributed by atoms with E-state index in [1.54, 1.807) is 37.3 Å². The first kappa shape index (κ1) is 19.4. The number of nitrogens with one attached hydrogen (secondary N) is 1. The van der Waals surface area contributed by atoms with Gasteiger partial charge in [0.25, 0.3) is 5.91 Å². The van der Waals surface area contributed by atoms with Gasteiger partial charge in [-0.15, -0.1) is 11.3 Å². The number of carbonyl (C=O) groups is 2. The Morgan fingerprint density at radius 2 is 2.07 bits per heavy atom. The fraction of sp³-hybridized carbons (Fsp3) is 0.400. The highest BCUT2D eigenvalue weighted by molar-refractivity contribution is 7.18. The molecule has 1 N–H and O–H groups in total. The zero-order valence-corrected chi connectivity index (χ0v) is 16.3. The van der Waals surface area contributed by atoms with Crippen LogP contribution in [0.4, 0.5) is 5.00 Å². The van der Waals surface area contributed by atoms with E-state index < -0.39 is 0 Å². The lowest BCUT2D eigenvalue weighted by molar-refractivity contribution is 0.0531. The molecule has 0 saturated carbocycles. The van der Waals surface area contributed by atoms with E-state index in [9.17, 15) is 9.59 Å². The number of carbonyl (C=O) groups excluding carboxylic acids is 2. The van der Waals surface area contributed by atoms with Crippen LogP contribution in [0.5, 0.6) is 5.75 Å². The second kappa shape index (κ2) is 9.01. The smallest absolute Gasteiger partial charge is 0.348 e. The number of hydrogen-bond donors (Lipinski definition) is 1. The maximum atomic E-state index is 12.4. The topological polar surface area (TPSA) is 73.9 Å². The summed E-state index contributed by atoms with van der Waals surface area (Å²) < 4.78 is 16.3. The SMILES string of the molecule is CCOC(=O)c1sc(NC(=O)c2ccc(OC[C@@H]3CCCO3)cc2)cc1C. The number of thiophene rings is 1. The Hall–Kier alpha value is -2.38. The van der Waals surface area contributed by atoms with Crippen molar-refractivity contribution in [2.75, 3.05) is 25.1 Å². The van der Waals surface area contributed by atoms with Gasteiger partial charge in [0.15, 0.2) is 0 Å². The van der Waals surface area contributed by atoms with Gasteiger partial charge in [-0.2, -0.15) is 0 Å². The average Bonchev–Trinajstić information content (AvgIpc) is 3.30. The maximum Gasteiger partial charge on any atom is 0.348 e. The molecule has 2 heterocycles. The average molecular weight is 389 g/mol. The van der Waals surface area contributed by atoms with Crippen LogP contribution < -0.4 is 10.1 Å². The molecular formula is C20H23NO5S. The van der Waals surface area contributed by atoms with E-state index in [-0.39, 0.29) is 18.0 Å². The third-order valence-corrected chi connectivity index (χ3v) is 5.32. The van der Waals surface area contributed by atoms with E-state index in [2.05, 4.69) is 5.32 Å². The Bertz CT molecular complexity index is 793. The summed E-state index contributed by atoms with van der Waals surface area (Å²) in [6.45, 7) is 5.22. The van der Waals surface area contributed by atoms with Crippen molar-refractivity contribution in [1.29, 1.82) is 0 Å². The van der Waals surface area contributed by atoms with Gasteiger partial charge in [0.2, 0.25) is 0 Å². The zero-order chi connectivity index (χ0) is 19.2. The molecule has 0 bridgehead atoms. The molecule has 1 fully saturated rings. The van der Waals surface area contributed by atoms with Crippen LogP contribution in [0.25, 0.3) is 0 Å². The molecule has 1 aliphatic rings. The van der Waals surface area contributed by atoms with Gasteiger partial charge >= 0.3 is 5.97 Å². The normalized spacial score (nSPS) is 16.1. The minimum atomic E-state index is -0.367. The Balaban J connectivity index is 1.57. The first-order valence-electron chi connectivity index (χ1n) is 9.00. The summed E-state index contributed by atoms with van der Waals surface area (Å²) in [6, 6.07) is 8.74. The molecule has 1 aliphatic heterocycles. The van der Waals surface area contributed by atoms with Crippen molar-refractivity contribution in [3.63, 3.8) is 0 Å². The van der Waals surface area contributed by atoms with Crippen molar-refractivity contribution < 1.29 is 23.8 Å². The van der Waals surface area contributed by atoms with Crippen LogP contribution in [0.15, 0.2) is 30.3 Å². The second-order valence-electron chi connectivity index (χ2n) is 6.27. The standard InChI is InChI=1S/C20H23NO5S/c1-3-24-20(23)18-13(2)11-17(27-18)21-19(22)14-6-8-15(9-7-14)26-12-16-5-4-10-25-16/h6-9,11,16H,3-5,10,12H2,1-2H3,(H,21,22)/t16-/m0/s1. The van der Waals surface area contributed by atoms with Crippen molar-refractivity contribution in [2.24, 2.45) is 0 Å². The van der Waals surface area contributed by atoms with Crippen molar-refractivity contribution in [1.82, 2.24) is 0 Å². The summed E-state index contributed by atoms with van der Waals surface area (Å²) in [6.07, 6.45) is 2.26. The number of benzene rings is 1. The molecule has 144 valence electrons. The monoisotopic (exact) mass is 389 g/mol. The van der Waals surface area contributed by atoms with Crippen LogP contribution in [-0.2, 0) is 9.47 Å². The molecule has 2 aromatic rings. The van der Waals surface area contributed by atoms with Crippen molar-refractivity contribution >= 4 is 28.2 Å². The number of ether oxygens (including phenoxy) is 3. The van der Waals surface area contributed by atoms with E-state index in [0.717, 1.165) is 25.0 Å². The molecule has 0 spiro atoms. The number of aryl methyl sites for hydroxylation is 1. The maximum absolute atomic E-state index is 12.4. The molecule has 0 aliphatic carbocycles. The Morgan fingerprint density at radius 1 is 1.30 bits per heavy atom. The summed E-state index contributed by atoms with van der Waals surface area (Å²) in [4.78, 5) is 24.8. The van der Waals surface area contributed by atoms with Gasteiger partial charge in [-0.1, -0.05) is 0 Å². The van der Waals surface area contributed by atoms with Crippen LogP contribution in [-0.4, -0.2) is 37.8 Å². The minimum absolute atomic E-state index is 0.156. The summed E-state index contributed by atoms with van der Waals surface area (Å²) in [5, 5.41) is 3.43. The lowest BCUT2D eigenvalue weighted by Crippen LogP contribution is -2.16. The summed E-state index contributed by atoms with van der Waals surface area (Å²) in [5.74, 6) is 0.101. The van der Waals surface area contributed by atoms with Crippen LogP contribution in [0.3, 0.4) is 0 Å². The minimum Gasteiger partial charge on any atom is -0.491 e. The van der Waals surface area contributed by atoms with Crippen LogP contribution in [0.2, 0.25) is 0 Å². The van der Waals surface area contributed by atoms with Crippen LogP contribution in [0.1, 0.15) is 45.4 Å². The number of esters is 1. The molecule has 3 rings (SSSR count). The van der Waals surface area contributed by atoms with Gasteiger partial charge in [-0.25, -0.2) is 4.79 Å². The summed E-state index contributed by atoms with van der Waals surface area (Å²) in [5.41, 5.74) is 1.30. The van der Waals surface area contributed by atoms with Crippen LogP contribution in [0, 0.1) is 6.92 Å². The number of amides is 1. The van der Waals surface area contributed by atoms with E-state index in [1.165, 1.54) is 11.3 Å². The Morgan fingerprint density at radius 3 is 2.74 bits per heavy atom. The molecule has 1 saturated heterocycles. The van der Waals surface area contributed by atoms with Crippen molar-refractivity contribution in [3.8, 4) is 5.75 Å². The van der Waals surface area contributed by atoms with Gasteiger partial charge < -0.3 is 19.5 Å². The van der Waals surface area contributed by atoms with E-state index in [1.807, 2.05) is 6.92 Å². The highest BCUT2D eigenvalue weighted by Gasteiger charge is 2.17. The molecule has 1 atom stereocenters. The van der Waals surface area contributed by atoms with Gasteiger partial charge in [0.1, 0.15) is 17.2 Å². The lowest BCUT2D eigenvalue weighted by Gasteiger charge is -2.11. The Kier molecular flexibility index (Phi) is 6.47. The largest absolute Gasteiger partial charge is 0.491 e. The lowest BCUT2D eigenvalue weighted by atomic mass is 10.2. The fourth-order valence-corrected chi connectivity index (χ4v) is 3.76. The number of rotatable bonds is 7. The number of anilines is 1. The first-order valence-corrected chi connectivity index (χ1v) is 9.82. The molecule has 0 radical (unpaired) electrons. The molecule has 0 unspecified atom stereocenters. The predicted molar refractivity (Wildman–Crippen MR) is 104 cm³/mol. The van der Waals surface area contributed by atoms with E-state index >= 15 is 0 Å². The third kappa shape index (κ3) is 5.08. The molecule has 27 heavy (non-hydrogen) atoms. The van der Waals surface area contributed by atoms with Gasteiger partial charge in [-0.05, 0) is 62.6 Å². The quantitative estimate of drug-likeness (QED) is 0.724. The Labute approximate surface area is 162 Å². The highest BCUT2D eigenvalue weighted by atomic mass is 32.1. The molecular weight excluding hydrogens is 366 g/mol. The van der Waals surface area contributed by atoms with Gasteiger partial charge in [0, 0.05) is 12.2 Å². The fourth-order valence-electron chi connectivity index (χ4n) is 2.79. The predicted octanol–water partition coefficient (Wildman–Crippen LogP) is 4.04. The molecule has 7 heteroatoms. The first-order chi connectivity index (χ1) is 13.1. The molecule has 1 amide bonds. The summed E-state index contributed by atoms with van der Waals surface area (Å²) in [7, 11) is 0. The van der Waals surface area contributed by atoms with E-state index in [4.69, 9.17) is 14.2 Å². The summed E-state index contributed by atoms with van der Waals surface area (Å²) >= 11 is 1.21. The van der Waals surface area contributed by atoms with Crippen molar-refractivity contribution in [3.05, 3.63) is 46.3 Å². The van der Waals surface area contributed by atoms with Crippen LogP contribution >= 0.6 is 11.3 Å². The second-order valence-corrected chi connectivity index (χ2v) is 7.32. The van der Waals surface area contributed by atoms with Gasteiger partial charge in [-0.3, -0.25) is 4.79 Å². The van der Waals surface area contributed by atoms with Crippen molar-refractivity contribution in [2.45, 2.75) is 32.8 Å². The highest BCUT2D eigenvalue weighted by Crippen LogP contribution is 2.28. The third-order valence-electron chi connectivity index (χ3n) is 4.19. The van der Waals surface area contributed by atoms with Gasteiger partial charge in [0.05, 0.1) is 17.7 Å². The molecule has 1 aromatic carbocycles.